The Labute approximate surface area is 171 Å². The van der Waals surface area contributed by atoms with Gasteiger partial charge in [-0.1, -0.05) is 29.8 Å². The first kappa shape index (κ1) is 19.1. The fourth-order valence-corrected chi connectivity index (χ4v) is 4.37. The number of para-hydroxylation sites is 1. The molecule has 0 aliphatic carbocycles. The Morgan fingerprint density at radius 2 is 1.57 bits per heavy atom. The van der Waals surface area contributed by atoms with Crippen LogP contribution >= 0.6 is 11.6 Å². The van der Waals surface area contributed by atoms with Crippen LogP contribution in [0.15, 0.2) is 42.6 Å². The molecule has 5 nitrogen and oxygen atoms in total. The van der Waals surface area contributed by atoms with E-state index in [2.05, 4.69) is 39.0 Å². The van der Waals surface area contributed by atoms with Crippen LogP contribution < -0.4 is 9.80 Å². The molecule has 148 valence electrons. The van der Waals surface area contributed by atoms with Crippen LogP contribution in [0.4, 0.5) is 11.5 Å². The van der Waals surface area contributed by atoms with Crippen molar-refractivity contribution in [2.75, 3.05) is 49.1 Å². The summed E-state index contributed by atoms with van der Waals surface area (Å²) in [4.78, 5) is 23.8. The third kappa shape index (κ3) is 4.25. The van der Waals surface area contributed by atoms with Gasteiger partial charge in [0, 0.05) is 51.2 Å². The van der Waals surface area contributed by atoms with Gasteiger partial charge in [0.25, 0.3) is 5.91 Å². The highest BCUT2D eigenvalue weighted by Crippen LogP contribution is 2.27. The number of nitrogens with zero attached hydrogens (tertiary/aromatic N) is 4. The maximum Gasteiger partial charge on any atom is 0.255 e. The van der Waals surface area contributed by atoms with Crippen molar-refractivity contribution >= 4 is 29.0 Å². The van der Waals surface area contributed by atoms with Gasteiger partial charge in [0.05, 0.1) is 10.6 Å². The quantitative estimate of drug-likeness (QED) is 0.781. The van der Waals surface area contributed by atoms with Gasteiger partial charge in [0.15, 0.2) is 0 Å². The van der Waals surface area contributed by atoms with Gasteiger partial charge >= 0.3 is 0 Å². The molecule has 0 spiro atoms. The summed E-state index contributed by atoms with van der Waals surface area (Å²) in [6.45, 7) is 5.38. The molecular weight excluding hydrogens is 372 g/mol. The molecule has 28 heavy (non-hydrogen) atoms. The maximum absolute atomic E-state index is 12.7. The van der Waals surface area contributed by atoms with Gasteiger partial charge in [0.2, 0.25) is 0 Å². The molecule has 2 aliphatic rings. The number of carbonyl (C=O) groups is 1. The molecule has 1 aromatic heterocycles. The predicted molar refractivity (Wildman–Crippen MR) is 114 cm³/mol. The molecule has 6 heteroatoms. The molecule has 1 aromatic carbocycles. The van der Waals surface area contributed by atoms with Gasteiger partial charge in [-0.3, -0.25) is 4.79 Å². The molecule has 1 amide bonds. The standard InChI is InChI=1S/C22H27ClN4O/c23-20-16-18(22(28)27-10-5-2-6-11-27)17-24-21(20)26-13-7-12-25(14-15-26)19-8-3-1-4-9-19/h1,3-4,8-9,16-17H,2,5-7,10-15H2. The van der Waals surface area contributed by atoms with E-state index in [0.717, 1.165) is 64.3 Å². The number of likely N-dealkylation sites (tertiary alicyclic amines) is 1. The number of rotatable bonds is 3. The lowest BCUT2D eigenvalue weighted by atomic mass is 10.1. The van der Waals surface area contributed by atoms with Crippen molar-refractivity contribution in [1.82, 2.24) is 9.88 Å². The topological polar surface area (TPSA) is 39.7 Å². The molecule has 0 unspecified atom stereocenters. The van der Waals surface area contributed by atoms with E-state index < -0.39 is 0 Å². The van der Waals surface area contributed by atoms with E-state index >= 15 is 0 Å². The summed E-state index contributed by atoms with van der Waals surface area (Å²) >= 11 is 6.56. The van der Waals surface area contributed by atoms with Crippen molar-refractivity contribution in [2.24, 2.45) is 0 Å². The van der Waals surface area contributed by atoms with Crippen LogP contribution in [-0.2, 0) is 0 Å². The molecule has 2 saturated heterocycles. The fraction of sp³-hybridized carbons (Fsp3) is 0.455. The minimum Gasteiger partial charge on any atom is -0.370 e. The number of piperidine rings is 1. The highest BCUT2D eigenvalue weighted by atomic mass is 35.5. The first-order valence-corrected chi connectivity index (χ1v) is 10.6. The summed E-state index contributed by atoms with van der Waals surface area (Å²) in [7, 11) is 0. The summed E-state index contributed by atoms with van der Waals surface area (Å²) in [5.41, 5.74) is 1.85. The predicted octanol–water partition coefficient (Wildman–Crippen LogP) is 4.08. The van der Waals surface area contributed by atoms with E-state index in [-0.39, 0.29) is 5.91 Å². The second kappa shape index (κ2) is 8.82. The van der Waals surface area contributed by atoms with Crippen LogP contribution in [0.1, 0.15) is 36.0 Å². The van der Waals surface area contributed by atoms with Gasteiger partial charge in [-0.05, 0) is 43.9 Å². The lowest BCUT2D eigenvalue weighted by molar-refractivity contribution is 0.0724. The van der Waals surface area contributed by atoms with Crippen molar-refractivity contribution in [2.45, 2.75) is 25.7 Å². The van der Waals surface area contributed by atoms with Gasteiger partial charge in [0.1, 0.15) is 5.82 Å². The zero-order valence-corrected chi connectivity index (χ0v) is 16.9. The van der Waals surface area contributed by atoms with Crippen LogP contribution in [0.2, 0.25) is 5.02 Å². The molecule has 0 bridgehead atoms. The summed E-state index contributed by atoms with van der Waals surface area (Å²) in [6.07, 6.45) is 6.10. The van der Waals surface area contributed by atoms with E-state index in [1.54, 1.807) is 12.3 Å². The molecule has 3 heterocycles. The number of hydrogen-bond donors (Lipinski definition) is 0. The average Bonchev–Trinajstić information content (AvgIpc) is 3.00. The van der Waals surface area contributed by atoms with Gasteiger partial charge < -0.3 is 14.7 Å². The van der Waals surface area contributed by atoms with Crippen molar-refractivity contribution in [1.29, 1.82) is 0 Å². The van der Waals surface area contributed by atoms with Gasteiger partial charge in [-0.2, -0.15) is 0 Å². The number of aromatic nitrogens is 1. The highest BCUT2D eigenvalue weighted by Gasteiger charge is 2.22. The summed E-state index contributed by atoms with van der Waals surface area (Å²) in [5, 5.41) is 0.566. The molecule has 0 N–H and O–H groups in total. The van der Waals surface area contributed by atoms with E-state index in [1.165, 1.54) is 12.1 Å². The second-order valence-electron chi connectivity index (χ2n) is 7.55. The van der Waals surface area contributed by atoms with Crippen LogP contribution in [0.5, 0.6) is 0 Å². The monoisotopic (exact) mass is 398 g/mol. The minimum atomic E-state index is 0.0479. The van der Waals surface area contributed by atoms with E-state index in [4.69, 9.17) is 11.6 Å². The van der Waals surface area contributed by atoms with Crippen molar-refractivity contribution in [3.8, 4) is 0 Å². The largest absolute Gasteiger partial charge is 0.370 e. The Morgan fingerprint density at radius 1 is 0.857 bits per heavy atom. The molecule has 2 aromatic rings. The molecule has 2 aliphatic heterocycles. The SMILES string of the molecule is O=C(c1cnc(N2CCCN(c3ccccc3)CC2)c(Cl)c1)N1CCCCC1. The Kier molecular flexibility index (Phi) is 6.01. The van der Waals surface area contributed by atoms with Crippen LogP contribution in [0.3, 0.4) is 0 Å². The number of halogens is 1. The summed E-state index contributed by atoms with van der Waals surface area (Å²) < 4.78 is 0. The zero-order chi connectivity index (χ0) is 19.3. The highest BCUT2D eigenvalue weighted by molar-refractivity contribution is 6.33. The average molecular weight is 399 g/mol. The second-order valence-corrected chi connectivity index (χ2v) is 7.95. The first-order chi connectivity index (χ1) is 13.7. The maximum atomic E-state index is 12.7. The molecule has 0 radical (unpaired) electrons. The zero-order valence-electron chi connectivity index (χ0n) is 16.2. The lowest BCUT2D eigenvalue weighted by Crippen LogP contribution is -2.35. The number of pyridine rings is 1. The Balaban J connectivity index is 1.45. The fourth-order valence-electron chi connectivity index (χ4n) is 4.09. The van der Waals surface area contributed by atoms with Gasteiger partial charge in [-0.25, -0.2) is 4.98 Å². The Morgan fingerprint density at radius 3 is 2.32 bits per heavy atom. The molecule has 4 rings (SSSR count). The number of hydrogen-bond acceptors (Lipinski definition) is 4. The first-order valence-electron chi connectivity index (χ1n) is 10.2. The summed E-state index contributed by atoms with van der Waals surface area (Å²) in [6, 6.07) is 12.3. The number of carbonyl (C=O) groups excluding carboxylic acids is 1. The Bertz CT molecular complexity index is 807. The number of amides is 1. The van der Waals surface area contributed by atoms with E-state index in [0.29, 0.717) is 10.6 Å². The molecule has 2 fully saturated rings. The van der Waals surface area contributed by atoms with Crippen molar-refractivity contribution in [3.63, 3.8) is 0 Å². The number of anilines is 2. The van der Waals surface area contributed by atoms with Gasteiger partial charge in [-0.15, -0.1) is 0 Å². The van der Waals surface area contributed by atoms with E-state index in [1.807, 2.05) is 11.0 Å². The van der Waals surface area contributed by atoms with E-state index in [9.17, 15) is 4.79 Å². The molecule has 0 atom stereocenters. The molecule has 0 saturated carbocycles. The third-order valence-electron chi connectivity index (χ3n) is 5.63. The summed E-state index contributed by atoms with van der Waals surface area (Å²) in [5.74, 6) is 0.832. The Hall–Kier alpha value is -2.27. The number of benzene rings is 1. The van der Waals surface area contributed by atoms with Crippen LogP contribution in [-0.4, -0.2) is 55.1 Å². The minimum absolute atomic E-state index is 0.0479. The van der Waals surface area contributed by atoms with Crippen molar-refractivity contribution < 1.29 is 4.79 Å². The lowest BCUT2D eigenvalue weighted by Gasteiger charge is -2.27. The molecular formula is C22H27ClN4O. The smallest absolute Gasteiger partial charge is 0.255 e. The van der Waals surface area contributed by atoms with Crippen LogP contribution in [0, 0.1) is 0 Å². The van der Waals surface area contributed by atoms with Crippen LogP contribution in [0.25, 0.3) is 0 Å². The van der Waals surface area contributed by atoms with Crippen molar-refractivity contribution in [3.05, 3.63) is 53.2 Å². The normalized spacial score (nSPS) is 18.1. The third-order valence-corrected chi connectivity index (χ3v) is 5.91.